The van der Waals surface area contributed by atoms with Gasteiger partial charge in [0.15, 0.2) is 0 Å². The quantitative estimate of drug-likeness (QED) is 0.683. The standard InChI is InChI=1S/C18H16N2/c1-3-7-14(8-4-1)16-11-18-19-17(13-20(18)12-16)15-9-5-2-6-10-15/h1-10,13,16H,11-12H2. The third-order valence-electron chi connectivity index (χ3n) is 4.05. The Hall–Kier alpha value is -2.35. The molecule has 0 aliphatic carbocycles. The van der Waals surface area contributed by atoms with Crippen LogP contribution in [-0.2, 0) is 13.0 Å². The SMILES string of the molecule is c1ccc(-c2cn3c(n2)CC(c2ccccc2)C3)cc1. The summed E-state index contributed by atoms with van der Waals surface area (Å²) in [6, 6.07) is 21.1. The highest BCUT2D eigenvalue weighted by Crippen LogP contribution is 2.31. The largest absolute Gasteiger partial charge is 0.334 e. The van der Waals surface area contributed by atoms with E-state index in [1.54, 1.807) is 0 Å². The molecule has 2 heteroatoms. The van der Waals surface area contributed by atoms with Gasteiger partial charge in [-0.15, -0.1) is 0 Å². The molecule has 1 aliphatic rings. The topological polar surface area (TPSA) is 17.8 Å². The minimum atomic E-state index is 0.573. The molecule has 98 valence electrons. The van der Waals surface area contributed by atoms with Crippen molar-refractivity contribution in [3.05, 3.63) is 78.2 Å². The summed E-state index contributed by atoms with van der Waals surface area (Å²) < 4.78 is 2.31. The van der Waals surface area contributed by atoms with Crippen molar-refractivity contribution in [1.29, 1.82) is 0 Å². The highest BCUT2D eigenvalue weighted by molar-refractivity contribution is 5.58. The first-order valence-corrected chi connectivity index (χ1v) is 7.06. The Bertz CT molecular complexity index is 690. The van der Waals surface area contributed by atoms with E-state index < -0.39 is 0 Å². The molecule has 0 saturated heterocycles. The molecular formula is C18H16N2. The Kier molecular flexibility index (Phi) is 2.66. The van der Waals surface area contributed by atoms with Gasteiger partial charge in [-0.3, -0.25) is 0 Å². The van der Waals surface area contributed by atoms with E-state index in [0.717, 1.165) is 18.7 Å². The first-order valence-electron chi connectivity index (χ1n) is 7.06. The Morgan fingerprint density at radius 2 is 1.60 bits per heavy atom. The average molecular weight is 260 g/mol. The molecule has 2 heterocycles. The lowest BCUT2D eigenvalue weighted by atomic mass is 9.98. The van der Waals surface area contributed by atoms with Gasteiger partial charge < -0.3 is 4.57 Å². The van der Waals surface area contributed by atoms with Crippen molar-refractivity contribution in [2.75, 3.05) is 0 Å². The fourth-order valence-corrected chi connectivity index (χ4v) is 2.99. The third kappa shape index (κ3) is 1.94. The van der Waals surface area contributed by atoms with E-state index in [1.165, 1.54) is 17.0 Å². The maximum Gasteiger partial charge on any atom is 0.110 e. The number of fused-ring (bicyclic) bond motifs is 1. The molecule has 0 radical (unpaired) electrons. The first-order chi connectivity index (χ1) is 9.90. The van der Waals surface area contributed by atoms with E-state index in [2.05, 4.69) is 65.4 Å². The molecule has 3 aromatic rings. The molecule has 0 bridgehead atoms. The summed E-state index contributed by atoms with van der Waals surface area (Å²) in [6.45, 7) is 1.04. The van der Waals surface area contributed by atoms with Crippen LogP contribution in [0.5, 0.6) is 0 Å². The monoisotopic (exact) mass is 260 g/mol. The van der Waals surface area contributed by atoms with Crippen LogP contribution >= 0.6 is 0 Å². The molecule has 0 N–H and O–H groups in total. The normalized spacial score (nSPS) is 17.1. The van der Waals surface area contributed by atoms with Crippen LogP contribution in [0, 0.1) is 0 Å². The van der Waals surface area contributed by atoms with Crippen LogP contribution in [0.25, 0.3) is 11.3 Å². The zero-order valence-electron chi connectivity index (χ0n) is 11.2. The zero-order chi connectivity index (χ0) is 13.4. The van der Waals surface area contributed by atoms with Gasteiger partial charge in [0.05, 0.1) is 5.69 Å². The van der Waals surface area contributed by atoms with Gasteiger partial charge in [-0.05, 0) is 5.56 Å². The van der Waals surface area contributed by atoms with Crippen LogP contribution in [-0.4, -0.2) is 9.55 Å². The predicted molar refractivity (Wildman–Crippen MR) is 80.6 cm³/mol. The van der Waals surface area contributed by atoms with E-state index in [-0.39, 0.29) is 0 Å². The van der Waals surface area contributed by atoms with E-state index in [0.29, 0.717) is 5.92 Å². The Labute approximate surface area is 118 Å². The van der Waals surface area contributed by atoms with Gasteiger partial charge in [0.1, 0.15) is 5.82 Å². The predicted octanol–water partition coefficient (Wildman–Crippen LogP) is 3.89. The smallest absolute Gasteiger partial charge is 0.110 e. The summed E-state index contributed by atoms with van der Waals surface area (Å²) in [5.41, 5.74) is 3.71. The van der Waals surface area contributed by atoms with Gasteiger partial charge in [-0.25, -0.2) is 4.98 Å². The first kappa shape index (κ1) is 11.5. The minimum absolute atomic E-state index is 0.573. The molecule has 0 fully saturated rings. The number of imidazole rings is 1. The van der Waals surface area contributed by atoms with Crippen LogP contribution in [0.3, 0.4) is 0 Å². The van der Waals surface area contributed by atoms with Crippen molar-refractivity contribution in [3.8, 4) is 11.3 Å². The molecule has 2 aromatic carbocycles. The maximum absolute atomic E-state index is 4.80. The summed E-state index contributed by atoms with van der Waals surface area (Å²) in [7, 11) is 0. The van der Waals surface area contributed by atoms with Crippen molar-refractivity contribution in [2.45, 2.75) is 18.9 Å². The molecule has 20 heavy (non-hydrogen) atoms. The minimum Gasteiger partial charge on any atom is -0.334 e. The van der Waals surface area contributed by atoms with Gasteiger partial charge in [-0.1, -0.05) is 60.7 Å². The van der Waals surface area contributed by atoms with E-state index in [4.69, 9.17) is 4.98 Å². The highest BCUT2D eigenvalue weighted by Gasteiger charge is 2.24. The fraction of sp³-hybridized carbons (Fsp3) is 0.167. The second-order valence-electron chi connectivity index (χ2n) is 5.37. The molecule has 0 amide bonds. The van der Waals surface area contributed by atoms with Gasteiger partial charge in [-0.2, -0.15) is 0 Å². The number of benzene rings is 2. The van der Waals surface area contributed by atoms with Crippen molar-refractivity contribution in [2.24, 2.45) is 0 Å². The van der Waals surface area contributed by atoms with Gasteiger partial charge in [0.25, 0.3) is 0 Å². The van der Waals surface area contributed by atoms with Crippen molar-refractivity contribution in [3.63, 3.8) is 0 Å². The van der Waals surface area contributed by atoms with E-state index >= 15 is 0 Å². The van der Waals surface area contributed by atoms with Crippen LogP contribution in [0.4, 0.5) is 0 Å². The van der Waals surface area contributed by atoms with Crippen LogP contribution in [0.2, 0.25) is 0 Å². The van der Waals surface area contributed by atoms with Crippen LogP contribution in [0.15, 0.2) is 66.9 Å². The maximum atomic E-state index is 4.80. The number of nitrogens with zero attached hydrogens (tertiary/aromatic N) is 2. The van der Waals surface area contributed by atoms with E-state index in [1.807, 2.05) is 6.07 Å². The molecule has 0 saturated carbocycles. The van der Waals surface area contributed by atoms with Crippen LogP contribution < -0.4 is 0 Å². The molecule has 1 atom stereocenters. The molecule has 4 rings (SSSR count). The molecule has 1 aliphatic heterocycles. The zero-order valence-corrected chi connectivity index (χ0v) is 11.2. The lowest BCUT2D eigenvalue weighted by molar-refractivity contribution is 0.653. The van der Waals surface area contributed by atoms with Crippen molar-refractivity contribution >= 4 is 0 Å². The molecule has 1 unspecified atom stereocenters. The molecule has 0 spiro atoms. The van der Waals surface area contributed by atoms with Gasteiger partial charge in [0.2, 0.25) is 0 Å². The van der Waals surface area contributed by atoms with Gasteiger partial charge >= 0.3 is 0 Å². The highest BCUT2D eigenvalue weighted by atomic mass is 15.1. The summed E-state index contributed by atoms with van der Waals surface area (Å²) in [5.74, 6) is 1.78. The number of aromatic nitrogens is 2. The van der Waals surface area contributed by atoms with Crippen molar-refractivity contribution in [1.82, 2.24) is 9.55 Å². The molecular weight excluding hydrogens is 244 g/mol. The van der Waals surface area contributed by atoms with Gasteiger partial charge in [0, 0.05) is 30.6 Å². The number of hydrogen-bond donors (Lipinski definition) is 0. The summed E-state index contributed by atoms with van der Waals surface area (Å²) in [6.07, 6.45) is 3.23. The lowest BCUT2D eigenvalue weighted by Gasteiger charge is -2.08. The third-order valence-corrected chi connectivity index (χ3v) is 4.05. The second kappa shape index (κ2) is 4.64. The number of hydrogen-bond acceptors (Lipinski definition) is 1. The summed E-state index contributed by atoms with van der Waals surface area (Å²) in [5, 5.41) is 0. The Morgan fingerprint density at radius 1 is 0.900 bits per heavy atom. The molecule has 2 nitrogen and oxygen atoms in total. The summed E-state index contributed by atoms with van der Waals surface area (Å²) in [4.78, 5) is 4.80. The number of rotatable bonds is 2. The Balaban J connectivity index is 1.61. The summed E-state index contributed by atoms with van der Waals surface area (Å²) >= 11 is 0. The van der Waals surface area contributed by atoms with Crippen molar-refractivity contribution < 1.29 is 0 Å². The molecule has 1 aromatic heterocycles. The lowest BCUT2D eigenvalue weighted by Crippen LogP contribution is -2.00. The van der Waals surface area contributed by atoms with E-state index in [9.17, 15) is 0 Å². The average Bonchev–Trinajstić information content (AvgIpc) is 3.08. The Morgan fingerprint density at radius 3 is 2.30 bits per heavy atom. The fourth-order valence-electron chi connectivity index (χ4n) is 2.99. The second-order valence-corrected chi connectivity index (χ2v) is 5.37. The van der Waals surface area contributed by atoms with Crippen LogP contribution in [0.1, 0.15) is 17.3 Å².